The fourth-order valence-corrected chi connectivity index (χ4v) is 3.80. The molecule has 2 aliphatic rings. The standard InChI is InChI=1S/C14H20F3NO/c1-12(2)9-4-5-13(12,3)11(6-9)19-8-10(7-18)14(15,16)17/h9-11H,4-6,8H2,1-3H3. The normalized spacial score (nSPS) is 38.2. The minimum atomic E-state index is -4.50. The van der Waals surface area contributed by atoms with E-state index in [0.29, 0.717) is 5.92 Å². The van der Waals surface area contributed by atoms with E-state index in [1.54, 1.807) is 0 Å². The summed E-state index contributed by atoms with van der Waals surface area (Å²) >= 11 is 0. The van der Waals surface area contributed by atoms with E-state index in [-0.39, 0.29) is 16.9 Å². The van der Waals surface area contributed by atoms with Crippen LogP contribution < -0.4 is 0 Å². The highest BCUT2D eigenvalue weighted by Gasteiger charge is 2.62. The molecule has 5 heteroatoms. The van der Waals surface area contributed by atoms with Crippen LogP contribution in [0.5, 0.6) is 0 Å². The third kappa shape index (κ3) is 2.14. The van der Waals surface area contributed by atoms with Crippen LogP contribution in [0.2, 0.25) is 0 Å². The van der Waals surface area contributed by atoms with E-state index in [0.717, 1.165) is 19.3 Å². The number of nitriles is 1. The molecule has 0 spiro atoms. The third-order valence-electron chi connectivity index (χ3n) is 5.73. The summed E-state index contributed by atoms with van der Waals surface area (Å²) in [7, 11) is 0. The van der Waals surface area contributed by atoms with Crippen molar-refractivity contribution in [2.24, 2.45) is 22.7 Å². The number of ether oxygens (including phenoxy) is 1. The predicted molar refractivity (Wildman–Crippen MR) is 64.1 cm³/mol. The van der Waals surface area contributed by atoms with Crippen LogP contribution in [0.4, 0.5) is 13.2 Å². The number of hydrogen-bond acceptors (Lipinski definition) is 2. The van der Waals surface area contributed by atoms with Gasteiger partial charge in [0.2, 0.25) is 0 Å². The number of nitrogens with zero attached hydrogens (tertiary/aromatic N) is 1. The van der Waals surface area contributed by atoms with E-state index in [9.17, 15) is 13.2 Å². The maximum Gasteiger partial charge on any atom is 0.406 e. The average Bonchev–Trinajstić information content (AvgIpc) is 2.60. The van der Waals surface area contributed by atoms with Crippen LogP contribution in [0, 0.1) is 34.0 Å². The van der Waals surface area contributed by atoms with Crippen LogP contribution >= 0.6 is 0 Å². The van der Waals surface area contributed by atoms with Crippen molar-refractivity contribution in [1.29, 1.82) is 5.26 Å². The topological polar surface area (TPSA) is 33.0 Å². The molecular formula is C14H20F3NO. The van der Waals surface area contributed by atoms with Gasteiger partial charge in [-0.15, -0.1) is 0 Å². The van der Waals surface area contributed by atoms with Crippen molar-refractivity contribution in [1.82, 2.24) is 0 Å². The molecule has 0 aromatic carbocycles. The molecule has 2 aliphatic carbocycles. The van der Waals surface area contributed by atoms with Crippen molar-refractivity contribution < 1.29 is 17.9 Å². The lowest BCUT2D eigenvalue weighted by Gasteiger charge is -2.39. The number of halogens is 3. The second-order valence-electron chi connectivity index (χ2n) is 6.66. The van der Waals surface area contributed by atoms with Crippen molar-refractivity contribution in [3.8, 4) is 6.07 Å². The Morgan fingerprint density at radius 1 is 1.37 bits per heavy atom. The van der Waals surface area contributed by atoms with E-state index in [2.05, 4.69) is 20.8 Å². The summed E-state index contributed by atoms with van der Waals surface area (Å²) in [5.74, 6) is -1.49. The highest BCUT2D eigenvalue weighted by Crippen LogP contribution is 2.66. The zero-order valence-electron chi connectivity index (χ0n) is 11.5. The number of rotatable bonds is 3. The minimum Gasteiger partial charge on any atom is -0.376 e. The van der Waals surface area contributed by atoms with Crippen LogP contribution in [0.3, 0.4) is 0 Å². The second kappa shape index (κ2) is 4.37. The van der Waals surface area contributed by atoms with E-state index in [1.807, 2.05) is 0 Å². The first-order valence-electron chi connectivity index (χ1n) is 6.71. The van der Waals surface area contributed by atoms with Gasteiger partial charge < -0.3 is 4.74 Å². The Bertz CT molecular complexity index is 398. The third-order valence-corrected chi connectivity index (χ3v) is 5.73. The van der Waals surface area contributed by atoms with Gasteiger partial charge in [-0.05, 0) is 36.0 Å². The van der Waals surface area contributed by atoms with E-state index < -0.39 is 18.7 Å². The summed E-state index contributed by atoms with van der Waals surface area (Å²) in [5.41, 5.74) is 0.0430. The summed E-state index contributed by atoms with van der Waals surface area (Å²) < 4.78 is 43.1. The molecule has 2 rings (SSSR count). The van der Waals surface area contributed by atoms with Gasteiger partial charge in [0.15, 0.2) is 5.92 Å². The zero-order valence-corrected chi connectivity index (χ0v) is 11.5. The maximum absolute atomic E-state index is 12.5. The van der Waals surface area contributed by atoms with Gasteiger partial charge in [0.25, 0.3) is 0 Å². The number of hydrogen-bond donors (Lipinski definition) is 0. The lowest BCUT2D eigenvalue weighted by Crippen LogP contribution is -2.39. The van der Waals surface area contributed by atoms with E-state index >= 15 is 0 Å². The zero-order chi connectivity index (χ0) is 14.5. The molecule has 0 aromatic heterocycles. The van der Waals surface area contributed by atoms with Gasteiger partial charge >= 0.3 is 6.18 Å². The number of fused-ring (bicyclic) bond motifs is 2. The van der Waals surface area contributed by atoms with Gasteiger partial charge in [-0.25, -0.2) is 0 Å². The Hall–Kier alpha value is -0.760. The molecular weight excluding hydrogens is 255 g/mol. The van der Waals surface area contributed by atoms with E-state index in [4.69, 9.17) is 10.00 Å². The first-order valence-corrected chi connectivity index (χ1v) is 6.71. The van der Waals surface area contributed by atoms with Crippen LogP contribution in [-0.4, -0.2) is 18.9 Å². The fraction of sp³-hybridized carbons (Fsp3) is 0.929. The molecule has 0 saturated heterocycles. The molecule has 4 unspecified atom stereocenters. The highest BCUT2D eigenvalue weighted by atomic mass is 19.4. The summed E-state index contributed by atoms with van der Waals surface area (Å²) in [6, 6.07) is 1.29. The molecule has 4 atom stereocenters. The van der Waals surface area contributed by atoms with Crippen LogP contribution in [0.25, 0.3) is 0 Å². The summed E-state index contributed by atoms with van der Waals surface area (Å²) in [4.78, 5) is 0. The van der Waals surface area contributed by atoms with Crippen molar-refractivity contribution in [3.63, 3.8) is 0 Å². The Morgan fingerprint density at radius 3 is 2.37 bits per heavy atom. The molecule has 0 radical (unpaired) electrons. The second-order valence-corrected chi connectivity index (χ2v) is 6.66. The molecule has 0 aromatic rings. The van der Waals surface area contributed by atoms with Crippen LogP contribution in [0.1, 0.15) is 40.0 Å². The molecule has 19 heavy (non-hydrogen) atoms. The van der Waals surface area contributed by atoms with Gasteiger partial charge in [-0.3, -0.25) is 0 Å². The van der Waals surface area contributed by atoms with Crippen molar-refractivity contribution in [2.45, 2.75) is 52.3 Å². The fourth-order valence-electron chi connectivity index (χ4n) is 3.80. The first kappa shape index (κ1) is 14.6. The van der Waals surface area contributed by atoms with Crippen molar-refractivity contribution in [3.05, 3.63) is 0 Å². The Kier molecular flexibility index (Phi) is 3.37. The molecule has 0 amide bonds. The summed E-state index contributed by atoms with van der Waals surface area (Å²) in [6.45, 7) is 5.93. The molecule has 0 heterocycles. The van der Waals surface area contributed by atoms with Gasteiger partial charge in [0, 0.05) is 0 Å². The molecule has 2 nitrogen and oxygen atoms in total. The van der Waals surface area contributed by atoms with E-state index in [1.165, 1.54) is 6.07 Å². The average molecular weight is 275 g/mol. The quantitative estimate of drug-likeness (QED) is 0.782. The molecule has 2 saturated carbocycles. The van der Waals surface area contributed by atoms with Crippen molar-refractivity contribution >= 4 is 0 Å². The van der Waals surface area contributed by atoms with Crippen LogP contribution in [-0.2, 0) is 4.74 Å². The monoisotopic (exact) mass is 275 g/mol. The van der Waals surface area contributed by atoms with Gasteiger partial charge in [-0.2, -0.15) is 18.4 Å². The number of alkyl halides is 3. The van der Waals surface area contributed by atoms with Gasteiger partial charge in [0.1, 0.15) is 0 Å². The predicted octanol–water partition coefficient (Wildman–Crippen LogP) is 3.92. The Labute approximate surface area is 111 Å². The van der Waals surface area contributed by atoms with Gasteiger partial charge in [-0.1, -0.05) is 20.8 Å². The molecule has 0 N–H and O–H groups in total. The smallest absolute Gasteiger partial charge is 0.376 e. The highest BCUT2D eigenvalue weighted by molar-refractivity contribution is 5.11. The first-order chi connectivity index (χ1) is 8.63. The summed E-state index contributed by atoms with van der Waals surface area (Å²) in [6.07, 6.45) is -1.70. The van der Waals surface area contributed by atoms with Crippen molar-refractivity contribution in [2.75, 3.05) is 6.61 Å². The molecule has 2 bridgehead atoms. The lowest BCUT2D eigenvalue weighted by molar-refractivity contribution is -0.181. The maximum atomic E-state index is 12.5. The SMILES string of the molecule is CC1(C)C2CCC1(C)C(OCC(C#N)C(F)(F)F)C2. The molecule has 108 valence electrons. The molecule has 0 aliphatic heterocycles. The van der Waals surface area contributed by atoms with Crippen LogP contribution in [0.15, 0.2) is 0 Å². The summed E-state index contributed by atoms with van der Waals surface area (Å²) in [5, 5.41) is 8.58. The molecule has 2 fully saturated rings. The van der Waals surface area contributed by atoms with Gasteiger partial charge in [0.05, 0.1) is 18.8 Å². The Balaban J connectivity index is 2.02. The minimum absolute atomic E-state index is 0.0662. The largest absolute Gasteiger partial charge is 0.406 e. The Morgan fingerprint density at radius 2 is 2.00 bits per heavy atom. The lowest BCUT2D eigenvalue weighted by atomic mass is 9.70.